The maximum absolute atomic E-state index is 12.0. The molecule has 2 aromatic carbocycles. The molecule has 0 amide bonds. The van der Waals surface area contributed by atoms with E-state index in [1.54, 1.807) is 12.1 Å². The Labute approximate surface area is 116 Å². The summed E-state index contributed by atoms with van der Waals surface area (Å²) in [6, 6.07) is 18.6. The van der Waals surface area contributed by atoms with Crippen LogP contribution in [-0.2, 0) is 11.2 Å². The molecule has 0 fully saturated rings. The van der Waals surface area contributed by atoms with Crippen LogP contribution in [-0.4, -0.2) is 16.7 Å². The molecular weight excluding hydrogens is 256 g/mol. The van der Waals surface area contributed by atoms with Crippen molar-refractivity contribution in [3.05, 3.63) is 71.8 Å². The summed E-state index contributed by atoms with van der Waals surface area (Å²) < 4.78 is 0. The molecule has 0 aliphatic rings. The molecule has 3 heteroatoms. The highest BCUT2D eigenvalue weighted by molar-refractivity contribution is 8.15. The lowest BCUT2D eigenvalue weighted by atomic mass is 10.1. The maximum atomic E-state index is 12.0. The minimum atomic E-state index is -0.463. The van der Waals surface area contributed by atoms with Crippen molar-refractivity contribution < 1.29 is 9.59 Å². The zero-order chi connectivity index (χ0) is 13.5. The van der Waals surface area contributed by atoms with E-state index in [2.05, 4.69) is 0 Å². The Hall–Kier alpha value is -1.87. The smallest absolute Gasteiger partial charge is 0.220 e. The van der Waals surface area contributed by atoms with Crippen molar-refractivity contribution in [2.24, 2.45) is 0 Å². The van der Waals surface area contributed by atoms with E-state index in [4.69, 9.17) is 0 Å². The Morgan fingerprint density at radius 1 is 1.00 bits per heavy atom. The first-order valence-electron chi connectivity index (χ1n) is 5.97. The molecule has 0 aliphatic carbocycles. The van der Waals surface area contributed by atoms with Crippen molar-refractivity contribution in [1.29, 1.82) is 0 Å². The first-order chi connectivity index (χ1) is 9.29. The fraction of sp³-hybridized carbons (Fsp3) is 0.125. The lowest BCUT2D eigenvalue weighted by Gasteiger charge is -2.08. The molecule has 2 rings (SSSR count). The summed E-state index contributed by atoms with van der Waals surface area (Å²) in [4.78, 5) is 23.0. The van der Waals surface area contributed by atoms with Gasteiger partial charge in [-0.15, -0.1) is 0 Å². The van der Waals surface area contributed by atoms with Crippen LogP contribution in [0.5, 0.6) is 0 Å². The van der Waals surface area contributed by atoms with E-state index in [-0.39, 0.29) is 5.12 Å². The molecule has 0 aromatic heterocycles. The fourth-order valence-electron chi connectivity index (χ4n) is 1.71. The molecule has 0 heterocycles. The van der Waals surface area contributed by atoms with Gasteiger partial charge in [-0.1, -0.05) is 72.4 Å². The van der Waals surface area contributed by atoms with Crippen LogP contribution in [0.25, 0.3) is 0 Å². The number of carbonyl (C=O) groups excluding carboxylic acids is 2. The molecule has 0 saturated carbocycles. The monoisotopic (exact) mass is 269 g/mol. The lowest BCUT2D eigenvalue weighted by molar-refractivity contribution is 0.108. The Balaban J connectivity index is 2.00. The van der Waals surface area contributed by atoms with Gasteiger partial charge in [0.2, 0.25) is 11.4 Å². The van der Waals surface area contributed by atoms with Crippen molar-refractivity contribution in [3.8, 4) is 0 Å². The Kier molecular flexibility index (Phi) is 4.93. The lowest BCUT2D eigenvalue weighted by Crippen LogP contribution is -2.12. The second-order valence-corrected chi connectivity index (χ2v) is 5.24. The van der Waals surface area contributed by atoms with E-state index in [0.717, 1.165) is 17.3 Å². The Morgan fingerprint density at radius 3 is 2.16 bits per heavy atom. The van der Waals surface area contributed by atoms with Gasteiger partial charge in [0.25, 0.3) is 0 Å². The van der Waals surface area contributed by atoms with Crippen molar-refractivity contribution in [2.45, 2.75) is 11.7 Å². The molecule has 0 N–H and O–H groups in total. The molecule has 0 spiro atoms. The quantitative estimate of drug-likeness (QED) is 0.835. The zero-order valence-electron chi connectivity index (χ0n) is 10.3. The van der Waals surface area contributed by atoms with Crippen LogP contribution in [0.2, 0.25) is 0 Å². The first-order valence-corrected chi connectivity index (χ1v) is 6.85. The van der Waals surface area contributed by atoms with E-state index in [0.29, 0.717) is 12.0 Å². The van der Waals surface area contributed by atoms with E-state index in [1.165, 1.54) is 0 Å². The zero-order valence-corrected chi connectivity index (χ0v) is 11.1. The minimum absolute atomic E-state index is 0.0927. The highest BCUT2D eigenvalue weighted by atomic mass is 32.2. The molecule has 1 atom stereocenters. The number of hydrogen-bond donors (Lipinski definition) is 0. The van der Waals surface area contributed by atoms with Crippen LogP contribution in [0.3, 0.4) is 0 Å². The minimum Gasteiger partial charge on any atom is -0.290 e. The van der Waals surface area contributed by atoms with E-state index in [1.807, 2.05) is 54.8 Å². The standard InChI is InChI=1S/C16H13O2S/c17-12-15(11-13-7-3-1-4-8-13)19-16(18)14-9-5-2-6-10-14/h1-10,15H,11H2. The largest absolute Gasteiger partial charge is 0.290 e. The van der Waals surface area contributed by atoms with Crippen LogP contribution in [0, 0.1) is 0 Å². The molecule has 1 unspecified atom stereocenters. The second kappa shape index (κ2) is 6.90. The van der Waals surface area contributed by atoms with Gasteiger partial charge in [0.1, 0.15) is 0 Å². The summed E-state index contributed by atoms with van der Waals surface area (Å²) in [5.41, 5.74) is 1.64. The first kappa shape index (κ1) is 13.6. The summed E-state index contributed by atoms with van der Waals surface area (Å²) in [7, 11) is 0. The topological polar surface area (TPSA) is 34.1 Å². The van der Waals surface area contributed by atoms with E-state index >= 15 is 0 Å². The van der Waals surface area contributed by atoms with Crippen molar-refractivity contribution in [2.75, 3.05) is 0 Å². The van der Waals surface area contributed by atoms with Crippen molar-refractivity contribution in [3.63, 3.8) is 0 Å². The van der Waals surface area contributed by atoms with Gasteiger partial charge < -0.3 is 0 Å². The third-order valence-electron chi connectivity index (χ3n) is 2.65. The number of thioether (sulfide) groups is 1. The molecule has 2 nitrogen and oxygen atoms in total. The normalized spacial score (nSPS) is 11.8. The van der Waals surface area contributed by atoms with Gasteiger partial charge in [0, 0.05) is 5.56 Å². The van der Waals surface area contributed by atoms with Crippen molar-refractivity contribution in [1.82, 2.24) is 0 Å². The van der Waals surface area contributed by atoms with Gasteiger partial charge in [-0.2, -0.15) is 0 Å². The average Bonchev–Trinajstić information content (AvgIpc) is 2.48. The summed E-state index contributed by atoms with van der Waals surface area (Å²) in [5.74, 6) is 0. The van der Waals surface area contributed by atoms with Gasteiger partial charge in [-0.3, -0.25) is 9.59 Å². The molecule has 2 aromatic rings. The van der Waals surface area contributed by atoms with Crippen molar-refractivity contribution >= 4 is 23.2 Å². The van der Waals surface area contributed by atoms with E-state index < -0.39 is 5.25 Å². The van der Waals surface area contributed by atoms with Gasteiger partial charge >= 0.3 is 0 Å². The van der Waals surface area contributed by atoms with Gasteiger partial charge in [-0.25, -0.2) is 0 Å². The fourth-order valence-corrected chi connectivity index (χ4v) is 2.56. The van der Waals surface area contributed by atoms with E-state index in [9.17, 15) is 9.59 Å². The SMILES string of the molecule is O=[C]C(Cc1ccccc1)SC(=O)c1ccccc1. The highest BCUT2D eigenvalue weighted by Crippen LogP contribution is 2.20. The summed E-state index contributed by atoms with van der Waals surface area (Å²) in [6.45, 7) is 0. The third kappa shape index (κ3) is 4.07. The summed E-state index contributed by atoms with van der Waals surface area (Å²) in [5, 5.41) is -0.556. The van der Waals surface area contributed by atoms with Gasteiger partial charge in [0.05, 0.1) is 5.25 Å². The predicted molar refractivity (Wildman–Crippen MR) is 78.0 cm³/mol. The molecular formula is C16H13O2S. The number of hydrogen-bond acceptors (Lipinski definition) is 3. The second-order valence-electron chi connectivity index (χ2n) is 4.07. The van der Waals surface area contributed by atoms with Gasteiger partial charge in [0.15, 0.2) is 0 Å². The van der Waals surface area contributed by atoms with Crippen LogP contribution in [0.4, 0.5) is 0 Å². The number of carbonyl (C=O) groups is 1. The predicted octanol–water partition coefficient (Wildman–Crippen LogP) is 3.28. The van der Waals surface area contributed by atoms with Crippen LogP contribution >= 0.6 is 11.8 Å². The summed E-state index contributed by atoms with van der Waals surface area (Å²) >= 11 is 1.03. The molecule has 95 valence electrons. The number of benzene rings is 2. The third-order valence-corrected chi connectivity index (χ3v) is 3.65. The summed E-state index contributed by atoms with van der Waals surface area (Å²) in [6.07, 6.45) is 2.46. The highest BCUT2D eigenvalue weighted by Gasteiger charge is 2.16. The molecule has 1 radical (unpaired) electrons. The molecule has 19 heavy (non-hydrogen) atoms. The molecule has 0 saturated heterocycles. The number of rotatable bonds is 5. The van der Waals surface area contributed by atoms with Crippen LogP contribution in [0.1, 0.15) is 15.9 Å². The Bertz CT molecular complexity index is 537. The average molecular weight is 269 g/mol. The van der Waals surface area contributed by atoms with Crippen LogP contribution in [0.15, 0.2) is 60.7 Å². The van der Waals surface area contributed by atoms with Gasteiger partial charge in [-0.05, 0) is 12.0 Å². The molecule has 0 bridgehead atoms. The maximum Gasteiger partial charge on any atom is 0.220 e. The molecule has 0 aliphatic heterocycles. The van der Waals surface area contributed by atoms with Crippen LogP contribution < -0.4 is 0 Å². The Morgan fingerprint density at radius 2 is 1.58 bits per heavy atom.